The van der Waals surface area contributed by atoms with Gasteiger partial charge in [-0.3, -0.25) is 4.90 Å². The maximum atomic E-state index is 12.6. The smallest absolute Gasteiger partial charge is 0.416 e. The maximum absolute atomic E-state index is 12.6. The third-order valence-electron chi connectivity index (χ3n) is 3.98. The highest BCUT2D eigenvalue weighted by atomic mass is 19.4. The first kappa shape index (κ1) is 18.5. The lowest BCUT2D eigenvalue weighted by Gasteiger charge is -2.18. The number of benzene rings is 2. The van der Waals surface area contributed by atoms with Crippen molar-refractivity contribution in [3.63, 3.8) is 0 Å². The summed E-state index contributed by atoms with van der Waals surface area (Å²) in [7, 11) is 0. The Morgan fingerprint density at radius 2 is 1.70 bits per heavy atom. The van der Waals surface area contributed by atoms with Crippen LogP contribution in [-0.2, 0) is 19.3 Å². The fraction of sp³-hybridized carbons (Fsp3) is 0.158. The number of aromatic amines is 1. The van der Waals surface area contributed by atoms with Crippen LogP contribution < -0.4 is 0 Å². The van der Waals surface area contributed by atoms with Gasteiger partial charge in [-0.2, -0.15) is 13.2 Å². The average molecular weight is 375 g/mol. The summed E-state index contributed by atoms with van der Waals surface area (Å²) >= 11 is 0. The molecule has 140 valence electrons. The number of nitrogens with zero attached hydrogens (tertiary/aromatic N) is 2. The first-order chi connectivity index (χ1) is 12.8. The van der Waals surface area contributed by atoms with Gasteiger partial charge in [0, 0.05) is 6.54 Å². The minimum absolute atomic E-state index is 0.0326. The largest absolute Gasteiger partial charge is 0.465 e. The molecule has 0 aliphatic carbocycles. The zero-order valence-electron chi connectivity index (χ0n) is 14.1. The van der Waals surface area contributed by atoms with E-state index in [-0.39, 0.29) is 13.1 Å². The lowest BCUT2D eigenvalue weighted by atomic mass is 10.1. The standard InChI is InChI=1S/C19H16F3N3O2/c20-19(21,22)15-8-6-14(7-9-15)16-10-23-17(24-16)12-25(18(26)27)11-13-4-2-1-3-5-13/h1-10H,11-12H2,(H,23,24)(H,26,27). The van der Waals surface area contributed by atoms with Gasteiger partial charge in [0.1, 0.15) is 5.82 Å². The molecule has 3 aromatic rings. The number of rotatable bonds is 5. The lowest BCUT2D eigenvalue weighted by Crippen LogP contribution is -2.28. The van der Waals surface area contributed by atoms with Gasteiger partial charge < -0.3 is 10.1 Å². The summed E-state index contributed by atoms with van der Waals surface area (Å²) in [5.74, 6) is 0.406. The van der Waals surface area contributed by atoms with Gasteiger partial charge >= 0.3 is 12.3 Å². The second kappa shape index (κ2) is 7.53. The number of carboxylic acid groups (broad SMARTS) is 1. The molecule has 3 rings (SSSR count). The molecule has 0 aliphatic rings. The van der Waals surface area contributed by atoms with E-state index in [0.29, 0.717) is 17.1 Å². The van der Waals surface area contributed by atoms with Crippen molar-refractivity contribution < 1.29 is 23.1 Å². The van der Waals surface area contributed by atoms with E-state index in [2.05, 4.69) is 9.97 Å². The topological polar surface area (TPSA) is 69.2 Å². The Kier molecular flexibility index (Phi) is 5.16. The van der Waals surface area contributed by atoms with Crippen LogP contribution in [0.15, 0.2) is 60.8 Å². The molecule has 0 fully saturated rings. The summed E-state index contributed by atoms with van der Waals surface area (Å²) in [6, 6.07) is 13.8. The number of alkyl halides is 3. The monoisotopic (exact) mass is 375 g/mol. The van der Waals surface area contributed by atoms with Crippen LogP contribution in [0.2, 0.25) is 0 Å². The van der Waals surface area contributed by atoms with Gasteiger partial charge in [0.15, 0.2) is 0 Å². The van der Waals surface area contributed by atoms with Crippen molar-refractivity contribution >= 4 is 6.09 Å². The number of carbonyl (C=O) groups is 1. The van der Waals surface area contributed by atoms with Gasteiger partial charge in [-0.05, 0) is 23.3 Å². The predicted octanol–water partition coefficient (Wildman–Crippen LogP) is 4.78. The van der Waals surface area contributed by atoms with Gasteiger partial charge in [-0.25, -0.2) is 9.78 Å². The summed E-state index contributed by atoms with van der Waals surface area (Å²) in [6.45, 7) is 0.233. The number of H-pyrrole nitrogens is 1. The number of hydrogen-bond donors (Lipinski definition) is 2. The van der Waals surface area contributed by atoms with E-state index in [4.69, 9.17) is 0 Å². The molecule has 0 aliphatic heterocycles. The van der Waals surface area contributed by atoms with E-state index in [1.165, 1.54) is 23.2 Å². The summed E-state index contributed by atoms with van der Waals surface area (Å²) in [4.78, 5) is 19.8. The molecule has 1 amide bonds. The Balaban J connectivity index is 1.73. The van der Waals surface area contributed by atoms with Crippen LogP contribution >= 0.6 is 0 Å². The summed E-state index contributed by atoms with van der Waals surface area (Å²) in [5, 5.41) is 9.40. The lowest BCUT2D eigenvalue weighted by molar-refractivity contribution is -0.137. The molecule has 2 aromatic carbocycles. The van der Waals surface area contributed by atoms with Crippen LogP contribution in [0.4, 0.5) is 18.0 Å². The SMILES string of the molecule is O=C(O)N(Cc1ccccc1)Cc1ncc(-c2ccc(C(F)(F)F)cc2)[nH]1. The van der Waals surface area contributed by atoms with E-state index in [9.17, 15) is 23.1 Å². The molecule has 0 spiro atoms. The minimum Gasteiger partial charge on any atom is -0.465 e. The second-order valence-corrected chi connectivity index (χ2v) is 5.94. The molecule has 0 saturated carbocycles. The molecule has 1 heterocycles. The van der Waals surface area contributed by atoms with E-state index in [0.717, 1.165) is 17.7 Å². The highest BCUT2D eigenvalue weighted by Crippen LogP contribution is 2.30. The van der Waals surface area contributed by atoms with Gasteiger partial charge in [0.2, 0.25) is 0 Å². The second-order valence-electron chi connectivity index (χ2n) is 5.94. The van der Waals surface area contributed by atoms with Gasteiger partial charge in [0.05, 0.1) is 24.0 Å². The van der Waals surface area contributed by atoms with Gasteiger partial charge in [-0.1, -0.05) is 42.5 Å². The van der Waals surface area contributed by atoms with Gasteiger partial charge in [-0.15, -0.1) is 0 Å². The first-order valence-electron chi connectivity index (χ1n) is 8.06. The van der Waals surface area contributed by atoms with E-state index < -0.39 is 17.8 Å². The zero-order chi connectivity index (χ0) is 19.4. The Labute approximate surface area is 153 Å². The van der Waals surface area contributed by atoms with Crippen molar-refractivity contribution in [1.29, 1.82) is 0 Å². The summed E-state index contributed by atoms with van der Waals surface area (Å²) in [5.41, 5.74) is 1.16. The average Bonchev–Trinajstić information content (AvgIpc) is 3.10. The quantitative estimate of drug-likeness (QED) is 0.675. The van der Waals surface area contributed by atoms with E-state index >= 15 is 0 Å². The third kappa shape index (κ3) is 4.66. The molecule has 2 N–H and O–H groups in total. The number of nitrogens with one attached hydrogen (secondary N) is 1. The number of hydrogen-bond acceptors (Lipinski definition) is 2. The first-order valence-corrected chi connectivity index (χ1v) is 8.06. The Hall–Kier alpha value is -3.29. The highest BCUT2D eigenvalue weighted by molar-refractivity contribution is 5.65. The molecule has 0 unspecified atom stereocenters. The summed E-state index contributed by atoms with van der Waals surface area (Å²) < 4.78 is 37.9. The normalized spacial score (nSPS) is 11.4. The van der Waals surface area contributed by atoms with Crippen LogP contribution in [0.5, 0.6) is 0 Å². The molecule has 0 atom stereocenters. The zero-order valence-corrected chi connectivity index (χ0v) is 14.1. The van der Waals surface area contributed by atoms with Crippen LogP contribution in [0.1, 0.15) is 17.0 Å². The van der Waals surface area contributed by atoms with Crippen molar-refractivity contribution in [1.82, 2.24) is 14.9 Å². The molecular formula is C19H16F3N3O2. The van der Waals surface area contributed by atoms with Crippen LogP contribution in [0.3, 0.4) is 0 Å². The van der Waals surface area contributed by atoms with Crippen molar-refractivity contribution in [3.8, 4) is 11.3 Å². The minimum atomic E-state index is -4.39. The number of halogens is 3. The van der Waals surface area contributed by atoms with Crippen molar-refractivity contribution in [2.45, 2.75) is 19.3 Å². The van der Waals surface area contributed by atoms with Crippen LogP contribution in [0.25, 0.3) is 11.3 Å². The number of amides is 1. The molecule has 0 bridgehead atoms. The maximum Gasteiger partial charge on any atom is 0.416 e. The van der Waals surface area contributed by atoms with Crippen molar-refractivity contribution in [2.75, 3.05) is 0 Å². The van der Waals surface area contributed by atoms with Crippen molar-refractivity contribution in [3.05, 3.63) is 77.7 Å². The molecule has 5 nitrogen and oxygen atoms in total. The summed E-state index contributed by atoms with van der Waals surface area (Å²) in [6.07, 6.45) is -4.01. The predicted molar refractivity (Wildman–Crippen MR) is 92.7 cm³/mol. The Bertz CT molecular complexity index is 906. The van der Waals surface area contributed by atoms with Crippen molar-refractivity contribution in [2.24, 2.45) is 0 Å². The Morgan fingerprint density at radius 1 is 1.04 bits per heavy atom. The highest BCUT2D eigenvalue weighted by Gasteiger charge is 2.30. The number of imidazole rings is 1. The van der Waals surface area contributed by atoms with E-state index in [1.807, 2.05) is 30.3 Å². The molecule has 0 radical (unpaired) electrons. The fourth-order valence-electron chi connectivity index (χ4n) is 2.60. The molecule has 8 heteroatoms. The molecule has 27 heavy (non-hydrogen) atoms. The van der Waals surface area contributed by atoms with Crippen LogP contribution in [-0.4, -0.2) is 26.1 Å². The van der Waals surface area contributed by atoms with Gasteiger partial charge in [0.25, 0.3) is 0 Å². The fourth-order valence-corrected chi connectivity index (χ4v) is 2.60. The van der Waals surface area contributed by atoms with Crippen LogP contribution in [0, 0.1) is 0 Å². The molecule has 0 saturated heterocycles. The van der Waals surface area contributed by atoms with E-state index in [1.54, 1.807) is 0 Å². The molecule has 1 aromatic heterocycles. The number of aromatic nitrogens is 2. The molecular weight excluding hydrogens is 359 g/mol. The third-order valence-corrected chi connectivity index (χ3v) is 3.98. The Morgan fingerprint density at radius 3 is 2.30 bits per heavy atom.